The molecule has 0 aromatic rings. The first kappa shape index (κ1) is 8.92. The normalized spacial score (nSPS) is 14.3. The second-order valence-electron chi connectivity index (χ2n) is 2.79. The van der Waals surface area contributed by atoms with Crippen LogP contribution in [0.5, 0.6) is 0 Å². The van der Waals surface area contributed by atoms with Crippen LogP contribution in [0, 0.1) is 0 Å². The van der Waals surface area contributed by atoms with Gasteiger partial charge in [0.2, 0.25) is 0 Å². The summed E-state index contributed by atoms with van der Waals surface area (Å²) in [7, 11) is 4.09. The Morgan fingerprint density at radius 2 is 2.00 bits per heavy atom. The lowest BCUT2D eigenvalue weighted by Crippen LogP contribution is -2.14. The standard InChI is InChI=1S/C7H17NO/c1-7(9)5-4-6-8(2)3/h7,9H,4-6H2,1-3H3/t7-/m0/s1. The number of aliphatic hydroxyl groups is 1. The van der Waals surface area contributed by atoms with Gasteiger partial charge in [-0.25, -0.2) is 0 Å². The van der Waals surface area contributed by atoms with E-state index in [1.54, 1.807) is 0 Å². The van der Waals surface area contributed by atoms with Crippen molar-refractivity contribution in [2.75, 3.05) is 20.6 Å². The van der Waals surface area contributed by atoms with Crippen LogP contribution in [0.2, 0.25) is 0 Å². The molecule has 2 heteroatoms. The zero-order valence-corrected chi connectivity index (χ0v) is 6.59. The van der Waals surface area contributed by atoms with Crippen LogP contribution in [-0.4, -0.2) is 36.8 Å². The van der Waals surface area contributed by atoms with Gasteiger partial charge in [0, 0.05) is 0 Å². The Labute approximate surface area is 57.5 Å². The highest BCUT2D eigenvalue weighted by Gasteiger charge is 1.94. The maximum atomic E-state index is 8.85. The van der Waals surface area contributed by atoms with E-state index in [2.05, 4.69) is 4.90 Å². The lowest BCUT2D eigenvalue weighted by molar-refractivity contribution is 0.177. The summed E-state index contributed by atoms with van der Waals surface area (Å²) in [6.07, 6.45) is 1.87. The first-order valence-electron chi connectivity index (χ1n) is 3.45. The van der Waals surface area contributed by atoms with Gasteiger partial charge in [-0.1, -0.05) is 0 Å². The summed E-state index contributed by atoms with van der Waals surface area (Å²) >= 11 is 0. The van der Waals surface area contributed by atoms with E-state index in [9.17, 15) is 0 Å². The topological polar surface area (TPSA) is 23.5 Å². The van der Waals surface area contributed by atoms with Gasteiger partial charge in [0.05, 0.1) is 6.10 Å². The van der Waals surface area contributed by atoms with Crippen LogP contribution in [-0.2, 0) is 0 Å². The zero-order chi connectivity index (χ0) is 7.28. The fourth-order valence-corrected chi connectivity index (χ4v) is 0.703. The van der Waals surface area contributed by atoms with E-state index in [0.717, 1.165) is 19.4 Å². The first-order valence-corrected chi connectivity index (χ1v) is 3.45. The zero-order valence-electron chi connectivity index (χ0n) is 6.59. The van der Waals surface area contributed by atoms with Crippen LogP contribution in [0.1, 0.15) is 19.8 Å². The summed E-state index contributed by atoms with van der Waals surface area (Å²) in [5, 5.41) is 8.85. The van der Waals surface area contributed by atoms with Gasteiger partial charge >= 0.3 is 0 Å². The van der Waals surface area contributed by atoms with Crippen LogP contribution < -0.4 is 0 Å². The maximum Gasteiger partial charge on any atom is 0.0512 e. The molecule has 1 N–H and O–H groups in total. The van der Waals surface area contributed by atoms with E-state index in [-0.39, 0.29) is 6.10 Å². The molecule has 56 valence electrons. The summed E-state index contributed by atoms with van der Waals surface area (Å²) in [5.41, 5.74) is 0. The SMILES string of the molecule is C[C@H](O)CCCN(C)C. The van der Waals surface area contributed by atoms with Crippen LogP contribution in [0.4, 0.5) is 0 Å². The van der Waals surface area contributed by atoms with Crippen molar-refractivity contribution in [3.05, 3.63) is 0 Å². The van der Waals surface area contributed by atoms with Gasteiger partial charge in [-0.05, 0) is 40.4 Å². The highest BCUT2D eigenvalue weighted by atomic mass is 16.3. The van der Waals surface area contributed by atoms with Gasteiger partial charge in [0.25, 0.3) is 0 Å². The van der Waals surface area contributed by atoms with Gasteiger partial charge in [-0.2, -0.15) is 0 Å². The summed E-state index contributed by atoms with van der Waals surface area (Å²) < 4.78 is 0. The molecule has 0 aliphatic heterocycles. The highest BCUT2D eigenvalue weighted by Crippen LogP contribution is 1.95. The van der Waals surface area contributed by atoms with E-state index >= 15 is 0 Å². The number of hydrogen-bond acceptors (Lipinski definition) is 2. The molecule has 0 saturated heterocycles. The molecule has 0 rings (SSSR count). The molecule has 0 spiro atoms. The Hall–Kier alpha value is -0.0800. The molecule has 0 unspecified atom stereocenters. The molecule has 0 amide bonds. The summed E-state index contributed by atoms with van der Waals surface area (Å²) in [4.78, 5) is 2.13. The van der Waals surface area contributed by atoms with E-state index in [1.807, 2.05) is 21.0 Å². The van der Waals surface area contributed by atoms with Crippen molar-refractivity contribution in [1.82, 2.24) is 4.90 Å². The second-order valence-corrected chi connectivity index (χ2v) is 2.79. The summed E-state index contributed by atoms with van der Waals surface area (Å²) in [5.74, 6) is 0. The van der Waals surface area contributed by atoms with Crippen molar-refractivity contribution < 1.29 is 5.11 Å². The molecule has 0 heterocycles. The van der Waals surface area contributed by atoms with Crippen molar-refractivity contribution in [2.24, 2.45) is 0 Å². The third-order valence-corrected chi connectivity index (χ3v) is 1.23. The molecule has 0 bridgehead atoms. The maximum absolute atomic E-state index is 8.85. The fourth-order valence-electron chi connectivity index (χ4n) is 0.703. The fraction of sp³-hybridized carbons (Fsp3) is 1.00. The molecule has 0 radical (unpaired) electrons. The molecule has 0 fully saturated rings. The first-order chi connectivity index (χ1) is 4.13. The summed E-state index contributed by atoms with van der Waals surface area (Å²) in [6, 6.07) is 0. The van der Waals surface area contributed by atoms with E-state index in [0.29, 0.717) is 0 Å². The van der Waals surface area contributed by atoms with Crippen LogP contribution >= 0.6 is 0 Å². The number of nitrogens with zero attached hydrogens (tertiary/aromatic N) is 1. The minimum atomic E-state index is -0.134. The van der Waals surface area contributed by atoms with Gasteiger partial charge in [0.1, 0.15) is 0 Å². The summed E-state index contributed by atoms with van der Waals surface area (Å²) in [6.45, 7) is 2.90. The minimum Gasteiger partial charge on any atom is -0.393 e. The quantitative estimate of drug-likeness (QED) is 0.607. The third kappa shape index (κ3) is 7.92. The molecular formula is C7H17NO. The lowest BCUT2D eigenvalue weighted by Gasteiger charge is -2.09. The number of aliphatic hydroxyl groups excluding tert-OH is 1. The molecule has 0 saturated carbocycles. The number of rotatable bonds is 4. The largest absolute Gasteiger partial charge is 0.393 e. The Morgan fingerprint density at radius 1 is 1.44 bits per heavy atom. The molecule has 9 heavy (non-hydrogen) atoms. The van der Waals surface area contributed by atoms with Crippen LogP contribution in [0.15, 0.2) is 0 Å². The smallest absolute Gasteiger partial charge is 0.0512 e. The van der Waals surface area contributed by atoms with Crippen molar-refractivity contribution in [3.8, 4) is 0 Å². The molecule has 0 aromatic heterocycles. The predicted octanol–water partition coefficient (Wildman–Crippen LogP) is 0.709. The Morgan fingerprint density at radius 3 is 2.33 bits per heavy atom. The van der Waals surface area contributed by atoms with Gasteiger partial charge in [-0.15, -0.1) is 0 Å². The Balaban J connectivity index is 2.91. The molecule has 1 atom stereocenters. The van der Waals surface area contributed by atoms with E-state index in [1.165, 1.54) is 0 Å². The van der Waals surface area contributed by atoms with Gasteiger partial charge in [-0.3, -0.25) is 0 Å². The Bertz CT molecular complexity index is 53.9. The van der Waals surface area contributed by atoms with Crippen LogP contribution in [0.25, 0.3) is 0 Å². The Kier molecular flexibility index (Phi) is 4.72. The second kappa shape index (κ2) is 4.77. The van der Waals surface area contributed by atoms with Crippen molar-refractivity contribution in [1.29, 1.82) is 0 Å². The third-order valence-electron chi connectivity index (χ3n) is 1.23. The minimum absolute atomic E-state index is 0.134. The molecule has 0 aliphatic rings. The molecule has 2 nitrogen and oxygen atoms in total. The average Bonchev–Trinajstić information content (AvgIpc) is 1.63. The molecule has 0 aromatic carbocycles. The van der Waals surface area contributed by atoms with E-state index in [4.69, 9.17) is 5.11 Å². The predicted molar refractivity (Wildman–Crippen MR) is 39.5 cm³/mol. The number of hydrogen-bond donors (Lipinski definition) is 1. The average molecular weight is 131 g/mol. The van der Waals surface area contributed by atoms with Gasteiger partial charge < -0.3 is 10.0 Å². The van der Waals surface area contributed by atoms with Gasteiger partial charge in [0.15, 0.2) is 0 Å². The van der Waals surface area contributed by atoms with E-state index < -0.39 is 0 Å². The van der Waals surface area contributed by atoms with Crippen molar-refractivity contribution >= 4 is 0 Å². The van der Waals surface area contributed by atoms with Crippen LogP contribution in [0.3, 0.4) is 0 Å². The molecule has 0 aliphatic carbocycles. The van der Waals surface area contributed by atoms with Crippen molar-refractivity contribution in [2.45, 2.75) is 25.9 Å². The highest BCUT2D eigenvalue weighted by molar-refractivity contribution is 4.49. The monoisotopic (exact) mass is 131 g/mol. The van der Waals surface area contributed by atoms with Crippen molar-refractivity contribution in [3.63, 3.8) is 0 Å². The lowest BCUT2D eigenvalue weighted by atomic mass is 10.2. The molecular weight excluding hydrogens is 114 g/mol.